The molecule has 0 aromatic carbocycles. The van der Waals surface area contributed by atoms with Crippen molar-refractivity contribution in [2.45, 2.75) is 13.8 Å². The lowest BCUT2D eigenvalue weighted by atomic mass is 10.3. The predicted octanol–water partition coefficient (Wildman–Crippen LogP) is 1.17. The fourth-order valence-corrected chi connectivity index (χ4v) is 1.49. The van der Waals surface area contributed by atoms with Gasteiger partial charge in [0.2, 0.25) is 5.88 Å². The third-order valence-electron chi connectivity index (χ3n) is 2.54. The molecule has 0 aliphatic heterocycles. The first kappa shape index (κ1) is 15.7. The van der Waals surface area contributed by atoms with Crippen molar-refractivity contribution >= 4 is 5.82 Å². The zero-order valence-corrected chi connectivity index (χ0v) is 12.3. The highest BCUT2D eigenvalue weighted by molar-refractivity contribution is 5.47. The fourth-order valence-electron chi connectivity index (χ4n) is 1.49. The lowest BCUT2D eigenvalue weighted by molar-refractivity contribution is 0.126. The number of hydrogen-bond donors (Lipinski definition) is 1. The summed E-state index contributed by atoms with van der Waals surface area (Å²) < 4.78 is 10.9. The highest BCUT2D eigenvalue weighted by Crippen LogP contribution is 2.19. The maximum absolute atomic E-state index is 5.50. The molecule has 6 heteroatoms. The summed E-state index contributed by atoms with van der Waals surface area (Å²) in [5.74, 6) is 1.43. The first-order chi connectivity index (χ1) is 9.15. The van der Waals surface area contributed by atoms with Gasteiger partial charge in [0.05, 0.1) is 25.4 Å². The molecule has 0 aliphatic carbocycles. The second kappa shape index (κ2) is 8.66. The van der Waals surface area contributed by atoms with Crippen LogP contribution in [-0.2, 0) is 4.74 Å². The highest BCUT2D eigenvalue weighted by atomic mass is 16.5. The van der Waals surface area contributed by atoms with Crippen molar-refractivity contribution < 1.29 is 9.47 Å². The van der Waals surface area contributed by atoms with E-state index in [9.17, 15) is 0 Å². The van der Waals surface area contributed by atoms with Crippen LogP contribution in [0.5, 0.6) is 5.88 Å². The largest absolute Gasteiger partial charge is 0.478 e. The third-order valence-corrected chi connectivity index (χ3v) is 2.54. The highest BCUT2D eigenvalue weighted by Gasteiger charge is 2.06. The molecule has 0 spiro atoms. The molecular formula is C13H24N4O2. The van der Waals surface area contributed by atoms with E-state index in [0.717, 1.165) is 31.1 Å². The van der Waals surface area contributed by atoms with Crippen molar-refractivity contribution in [3.63, 3.8) is 0 Å². The Kier molecular flexibility index (Phi) is 7.14. The summed E-state index contributed by atoms with van der Waals surface area (Å²) in [4.78, 5) is 10.4. The standard InChI is InChI=1S/C13H24N4O2/c1-5-19-13-11(2)12(15-10-16-13)14-6-8-18-9-7-17(3)4/h10H,5-9H2,1-4H3,(H,14,15,16). The van der Waals surface area contributed by atoms with Gasteiger partial charge in [0, 0.05) is 13.1 Å². The van der Waals surface area contributed by atoms with E-state index in [1.807, 2.05) is 27.9 Å². The van der Waals surface area contributed by atoms with Gasteiger partial charge in [-0.25, -0.2) is 9.97 Å². The number of anilines is 1. The van der Waals surface area contributed by atoms with E-state index < -0.39 is 0 Å². The van der Waals surface area contributed by atoms with E-state index in [4.69, 9.17) is 9.47 Å². The molecule has 1 rings (SSSR count). The van der Waals surface area contributed by atoms with Gasteiger partial charge in [0.25, 0.3) is 0 Å². The summed E-state index contributed by atoms with van der Waals surface area (Å²) >= 11 is 0. The van der Waals surface area contributed by atoms with Gasteiger partial charge in [-0.15, -0.1) is 0 Å². The number of ether oxygens (including phenoxy) is 2. The smallest absolute Gasteiger partial charge is 0.221 e. The van der Waals surface area contributed by atoms with E-state index in [0.29, 0.717) is 19.1 Å². The van der Waals surface area contributed by atoms with Crippen molar-refractivity contribution in [3.05, 3.63) is 11.9 Å². The van der Waals surface area contributed by atoms with Crippen LogP contribution < -0.4 is 10.1 Å². The molecule has 1 heterocycles. The molecule has 6 nitrogen and oxygen atoms in total. The van der Waals surface area contributed by atoms with E-state index in [-0.39, 0.29) is 0 Å². The average molecular weight is 268 g/mol. The lowest BCUT2D eigenvalue weighted by Gasteiger charge is -2.12. The van der Waals surface area contributed by atoms with Crippen molar-refractivity contribution in [2.75, 3.05) is 52.3 Å². The van der Waals surface area contributed by atoms with Gasteiger partial charge in [-0.2, -0.15) is 0 Å². The molecule has 0 atom stereocenters. The molecule has 19 heavy (non-hydrogen) atoms. The Hall–Kier alpha value is -1.40. The molecule has 0 aliphatic rings. The minimum Gasteiger partial charge on any atom is -0.478 e. The molecule has 0 amide bonds. The molecule has 0 radical (unpaired) electrons. The van der Waals surface area contributed by atoms with E-state index in [1.165, 1.54) is 6.33 Å². The Bertz CT molecular complexity index is 372. The first-order valence-electron chi connectivity index (χ1n) is 6.56. The van der Waals surface area contributed by atoms with E-state index >= 15 is 0 Å². The summed E-state index contributed by atoms with van der Waals surface area (Å²) in [5.41, 5.74) is 0.928. The van der Waals surface area contributed by atoms with Crippen molar-refractivity contribution in [2.24, 2.45) is 0 Å². The second-order valence-electron chi connectivity index (χ2n) is 4.43. The van der Waals surface area contributed by atoms with Gasteiger partial charge in [-0.05, 0) is 27.9 Å². The zero-order chi connectivity index (χ0) is 14.1. The van der Waals surface area contributed by atoms with Gasteiger partial charge in [-0.1, -0.05) is 0 Å². The van der Waals surface area contributed by atoms with Crippen LogP contribution in [0.2, 0.25) is 0 Å². The van der Waals surface area contributed by atoms with Gasteiger partial charge in [-0.3, -0.25) is 0 Å². The quantitative estimate of drug-likeness (QED) is 0.679. The minimum absolute atomic E-state index is 0.602. The normalized spacial score (nSPS) is 10.8. The molecule has 0 unspecified atom stereocenters. The van der Waals surface area contributed by atoms with E-state index in [1.54, 1.807) is 0 Å². The van der Waals surface area contributed by atoms with Gasteiger partial charge in [0.15, 0.2) is 0 Å². The van der Waals surface area contributed by atoms with Crippen molar-refractivity contribution in [3.8, 4) is 5.88 Å². The lowest BCUT2D eigenvalue weighted by Crippen LogP contribution is -2.20. The monoisotopic (exact) mass is 268 g/mol. The number of rotatable bonds is 9. The van der Waals surface area contributed by atoms with Crippen molar-refractivity contribution in [1.29, 1.82) is 0 Å². The Labute approximate surface area is 115 Å². The maximum atomic E-state index is 5.50. The van der Waals surface area contributed by atoms with Crippen LogP contribution >= 0.6 is 0 Å². The van der Waals surface area contributed by atoms with Gasteiger partial charge < -0.3 is 19.7 Å². The van der Waals surface area contributed by atoms with Crippen LogP contribution in [0, 0.1) is 6.92 Å². The topological polar surface area (TPSA) is 59.5 Å². The van der Waals surface area contributed by atoms with Gasteiger partial charge in [0.1, 0.15) is 12.1 Å². The SMILES string of the molecule is CCOc1ncnc(NCCOCCN(C)C)c1C. The summed E-state index contributed by atoms with van der Waals surface area (Å²) in [5, 5.41) is 3.23. The Morgan fingerprint density at radius 1 is 1.26 bits per heavy atom. The van der Waals surface area contributed by atoms with E-state index in [2.05, 4.69) is 20.2 Å². The third kappa shape index (κ3) is 5.85. The number of likely N-dealkylation sites (N-methyl/N-ethyl adjacent to an activating group) is 1. The second-order valence-corrected chi connectivity index (χ2v) is 4.43. The fraction of sp³-hybridized carbons (Fsp3) is 0.692. The molecule has 1 N–H and O–H groups in total. The van der Waals surface area contributed by atoms with Crippen LogP contribution in [0.25, 0.3) is 0 Å². The Balaban J connectivity index is 2.31. The summed E-state index contributed by atoms with van der Waals surface area (Å²) in [6.07, 6.45) is 1.51. The zero-order valence-electron chi connectivity index (χ0n) is 12.3. The van der Waals surface area contributed by atoms with Crippen LogP contribution in [0.4, 0.5) is 5.82 Å². The molecule has 0 fully saturated rings. The first-order valence-corrected chi connectivity index (χ1v) is 6.56. The van der Waals surface area contributed by atoms with Crippen LogP contribution in [0.15, 0.2) is 6.33 Å². The number of hydrogen-bond acceptors (Lipinski definition) is 6. The minimum atomic E-state index is 0.602. The molecular weight excluding hydrogens is 244 g/mol. The molecule has 0 bridgehead atoms. The van der Waals surface area contributed by atoms with Crippen LogP contribution in [0.1, 0.15) is 12.5 Å². The summed E-state index contributed by atoms with van der Waals surface area (Å²) in [6, 6.07) is 0. The Morgan fingerprint density at radius 2 is 2.05 bits per heavy atom. The van der Waals surface area contributed by atoms with Gasteiger partial charge >= 0.3 is 0 Å². The molecule has 1 aromatic heterocycles. The number of nitrogens with zero attached hydrogens (tertiary/aromatic N) is 3. The van der Waals surface area contributed by atoms with Crippen LogP contribution in [-0.4, -0.2) is 61.9 Å². The maximum Gasteiger partial charge on any atom is 0.221 e. The van der Waals surface area contributed by atoms with Crippen molar-refractivity contribution in [1.82, 2.24) is 14.9 Å². The number of nitrogens with one attached hydrogen (secondary N) is 1. The molecule has 0 saturated carbocycles. The summed E-state index contributed by atoms with van der Waals surface area (Å²) in [6.45, 7) is 7.53. The number of aromatic nitrogens is 2. The molecule has 0 saturated heterocycles. The predicted molar refractivity (Wildman–Crippen MR) is 75.8 cm³/mol. The Morgan fingerprint density at radius 3 is 2.74 bits per heavy atom. The molecule has 1 aromatic rings. The average Bonchev–Trinajstić information content (AvgIpc) is 2.37. The summed E-state index contributed by atoms with van der Waals surface area (Å²) in [7, 11) is 4.06. The molecule has 108 valence electrons. The van der Waals surface area contributed by atoms with Crippen LogP contribution in [0.3, 0.4) is 0 Å².